The van der Waals surface area contributed by atoms with Gasteiger partial charge in [-0.05, 0) is 44.7 Å². The number of likely N-dealkylation sites (tertiary alicyclic amines) is 1. The number of carbonyl (C=O) groups excluding carboxylic acids is 1. The maximum absolute atomic E-state index is 12.5. The fourth-order valence-corrected chi connectivity index (χ4v) is 3.78. The number of amides is 1. The zero-order valence-electron chi connectivity index (χ0n) is 13.8. The molecule has 1 aliphatic heterocycles. The molecule has 1 atom stereocenters. The van der Waals surface area contributed by atoms with Gasteiger partial charge in [0.25, 0.3) is 5.91 Å². The van der Waals surface area contributed by atoms with E-state index in [2.05, 4.69) is 23.9 Å². The Kier molecular flexibility index (Phi) is 4.65. The monoisotopic (exact) mass is 301 g/mol. The van der Waals surface area contributed by atoms with Gasteiger partial charge in [0.1, 0.15) is 5.82 Å². The minimum atomic E-state index is 0.129. The molecule has 1 aromatic heterocycles. The van der Waals surface area contributed by atoms with Crippen molar-refractivity contribution >= 4 is 11.7 Å². The van der Waals surface area contributed by atoms with Gasteiger partial charge in [0.05, 0.1) is 5.56 Å². The molecule has 1 saturated carbocycles. The van der Waals surface area contributed by atoms with Gasteiger partial charge >= 0.3 is 0 Å². The molecule has 1 saturated heterocycles. The Morgan fingerprint density at radius 2 is 1.95 bits per heavy atom. The Labute approximate surface area is 133 Å². The minimum absolute atomic E-state index is 0.129. The molecule has 2 aliphatic rings. The van der Waals surface area contributed by atoms with Gasteiger partial charge in [-0.15, -0.1) is 0 Å². The van der Waals surface area contributed by atoms with Gasteiger partial charge < -0.3 is 9.80 Å². The van der Waals surface area contributed by atoms with Gasteiger partial charge in [0, 0.05) is 31.9 Å². The fourth-order valence-electron chi connectivity index (χ4n) is 3.78. The minimum Gasteiger partial charge on any atom is -0.357 e. The van der Waals surface area contributed by atoms with E-state index >= 15 is 0 Å². The van der Waals surface area contributed by atoms with Gasteiger partial charge in [-0.2, -0.15) is 0 Å². The third-order valence-electron chi connectivity index (χ3n) is 5.29. The maximum Gasteiger partial charge on any atom is 0.255 e. The van der Waals surface area contributed by atoms with Crippen molar-refractivity contribution in [2.24, 2.45) is 0 Å². The lowest BCUT2D eigenvalue weighted by Crippen LogP contribution is -2.35. The van der Waals surface area contributed by atoms with E-state index in [4.69, 9.17) is 0 Å². The summed E-state index contributed by atoms with van der Waals surface area (Å²) in [5, 5.41) is 0. The van der Waals surface area contributed by atoms with E-state index in [1.54, 1.807) is 6.20 Å². The topological polar surface area (TPSA) is 36.4 Å². The van der Waals surface area contributed by atoms with Gasteiger partial charge in [-0.25, -0.2) is 4.98 Å². The molecule has 22 heavy (non-hydrogen) atoms. The Hall–Kier alpha value is -1.58. The first-order chi connectivity index (χ1) is 10.7. The second-order valence-electron chi connectivity index (χ2n) is 6.80. The van der Waals surface area contributed by atoms with Gasteiger partial charge in [0.2, 0.25) is 0 Å². The third kappa shape index (κ3) is 3.11. The van der Waals surface area contributed by atoms with Crippen LogP contribution in [0.1, 0.15) is 62.2 Å². The van der Waals surface area contributed by atoms with E-state index in [9.17, 15) is 4.79 Å². The first kappa shape index (κ1) is 15.3. The van der Waals surface area contributed by atoms with E-state index in [1.807, 2.05) is 17.0 Å². The smallest absolute Gasteiger partial charge is 0.255 e. The van der Waals surface area contributed by atoms with Crippen molar-refractivity contribution in [3.63, 3.8) is 0 Å². The molecule has 0 radical (unpaired) electrons. The molecule has 1 aliphatic carbocycles. The molecular formula is C18H27N3O. The summed E-state index contributed by atoms with van der Waals surface area (Å²) in [4.78, 5) is 21.3. The summed E-state index contributed by atoms with van der Waals surface area (Å²) in [6.07, 6.45) is 10.5. The summed E-state index contributed by atoms with van der Waals surface area (Å²) < 4.78 is 0. The van der Waals surface area contributed by atoms with Gasteiger partial charge in [-0.1, -0.05) is 19.3 Å². The van der Waals surface area contributed by atoms with Gasteiger partial charge in [-0.3, -0.25) is 4.79 Å². The summed E-state index contributed by atoms with van der Waals surface area (Å²) >= 11 is 0. The molecule has 4 nitrogen and oxygen atoms in total. The predicted molar refractivity (Wildman–Crippen MR) is 89.2 cm³/mol. The molecule has 0 aromatic carbocycles. The Morgan fingerprint density at radius 3 is 2.55 bits per heavy atom. The molecular weight excluding hydrogens is 274 g/mol. The quantitative estimate of drug-likeness (QED) is 0.857. The van der Waals surface area contributed by atoms with Crippen molar-refractivity contribution in [2.75, 3.05) is 18.5 Å². The van der Waals surface area contributed by atoms with Crippen LogP contribution in [-0.2, 0) is 0 Å². The lowest BCUT2D eigenvalue weighted by Gasteiger charge is -2.32. The summed E-state index contributed by atoms with van der Waals surface area (Å²) in [5.41, 5.74) is 0.717. The molecule has 0 bridgehead atoms. The highest BCUT2D eigenvalue weighted by atomic mass is 16.2. The molecule has 120 valence electrons. The molecule has 2 fully saturated rings. The lowest BCUT2D eigenvalue weighted by molar-refractivity contribution is 0.0747. The van der Waals surface area contributed by atoms with Crippen molar-refractivity contribution in [1.82, 2.24) is 9.88 Å². The van der Waals surface area contributed by atoms with Crippen molar-refractivity contribution in [3.05, 3.63) is 23.9 Å². The second-order valence-corrected chi connectivity index (χ2v) is 6.80. The van der Waals surface area contributed by atoms with E-state index in [-0.39, 0.29) is 5.91 Å². The van der Waals surface area contributed by atoms with Crippen molar-refractivity contribution in [3.8, 4) is 0 Å². The Balaban J connectivity index is 1.68. The van der Waals surface area contributed by atoms with Crippen LogP contribution in [0.4, 0.5) is 5.82 Å². The third-order valence-corrected chi connectivity index (χ3v) is 5.29. The molecule has 1 aromatic rings. The zero-order valence-corrected chi connectivity index (χ0v) is 13.8. The number of pyridine rings is 1. The highest BCUT2D eigenvalue weighted by molar-refractivity contribution is 5.94. The summed E-state index contributed by atoms with van der Waals surface area (Å²) in [6.45, 7) is 3.01. The SMILES string of the molecule is CC1CCCN1C(=O)c1ccc(N(C)C2CCCCC2)nc1. The molecule has 0 N–H and O–H groups in total. The molecule has 4 heteroatoms. The van der Waals surface area contributed by atoms with Crippen molar-refractivity contribution < 1.29 is 4.79 Å². The summed E-state index contributed by atoms with van der Waals surface area (Å²) in [7, 11) is 2.13. The van der Waals surface area contributed by atoms with Crippen LogP contribution >= 0.6 is 0 Å². The van der Waals surface area contributed by atoms with Crippen LogP contribution in [0, 0.1) is 0 Å². The first-order valence-electron chi connectivity index (χ1n) is 8.66. The van der Waals surface area contributed by atoms with Crippen LogP contribution < -0.4 is 4.90 Å². The largest absolute Gasteiger partial charge is 0.357 e. The van der Waals surface area contributed by atoms with E-state index in [1.165, 1.54) is 32.1 Å². The van der Waals surface area contributed by atoms with Crippen molar-refractivity contribution in [1.29, 1.82) is 0 Å². The average molecular weight is 301 g/mol. The lowest BCUT2D eigenvalue weighted by atomic mass is 9.94. The Bertz CT molecular complexity index is 508. The molecule has 1 amide bonds. The van der Waals surface area contributed by atoms with Crippen LogP contribution in [0.2, 0.25) is 0 Å². The highest BCUT2D eigenvalue weighted by Crippen LogP contribution is 2.25. The number of rotatable bonds is 3. The highest BCUT2D eigenvalue weighted by Gasteiger charge is 2.26. The Morgan fingerprint density at radius 1 is 1.18 bits per heavy atom. The van der Waals surface area contributed by atoms with Crippen LogP contribution in [0.15, 0.2) is 18.3 Å². The molecule has 3 rings (SSSR count). The summed E-state index contributed by atoms with van der Waals surface area (Å²) in [6, 6.07) is 4.90. The number of anilines is 1. The fraction of sp³-hybridized carbons (Fsp3) is 0.667. The van der Waals surface area contributed by atoms with Crippen LogP contribution in [0.3, 0.4) is 0 Å². The maximum atomic E-state index is 12.5. The molecule has 2 heterocycles. The zero-order chi connectivity index (χ0) is 15.5. The van der Waals surface area contributed by atoms with E-state index < -0.39 is 0 Å². The molecule has 1 unspecified atom stereocenters. The first-order valence-corrected chi connectivity index (χ1v) is 8.66. The van der Waals surface area contributed by atoms with Gasteiger partial charge in [0.15, 0.2) is 0 Å². The number of carbonyl (C=O) groups is 1. The number of nitrogens with zero attached hydrogens (tertiary/aromatic N) is 3. The normalized spacial score (nSPS) is 22.8. The van der Waals surface area contributed by atoms with E-state index in [0.717, 1.165) is 30.8 Å². The van der Waals surface area contributed by atoms with E-state index in [0.29, 0.717) is 12.1 Å². The standard InChI is InChI=1S/C18H27N3O/c1-14-7-6-12-21(14)18(22)15-10-11-17(19-13-15)20(2)16-8-4-3-5-9-16/h10-11,13-14,16H,3-9,12H2,1-2H3. The van der Waals surface area contributed by atoms with Crippen LogP contribution in [-0.4, -0.2) is 41.5 Å². The summed E-state index contributed by atoms with van der Waals surface area (Å²) in [5.74, 6) is 1.11. The van der Waals surface area contributed by atoms with Crippen LogP contribution in [0.25, 0.3) is 0 Å². The number of aromatic nitrogens is 1. The average Bonchev–Trinajstić information content (AvgIpc) is 3.00. The number of hydrogen-bond donors (Lipinski definition) is 0. The predicted octanol–water partition coefficient (Wildman–Crippen LogP) is 3.48. The molecule has 0 spiro atoms. The number of hydrogen-bond acceptors (Lipinski definition) is 3. The van der Waals surface area contributed by atoms with Crippen molar-refractivity contribution in [2.45, 2.75) is 64.0 Å². The van der Waals surface area contributed by atoms with Crippen LogP contribution in [0.5, 0.6) is 0 Å². The second kappa shape index (κ2) is 6.67.